The number of phosphoric ester groups is 1. The lowest BCUT2D eigenvalue weighted by atomic mass is 10.1. The molecular weight excluding hydrogens is 451 g/mol. The van der Waals surface area contributed by atoms with Crippen LogP contribution in [0.3, 0.4) is 0 Å². The Bertz CT molecular complexity index is 1300. The highest BCUT2D eigenvalue weighted by molar-refractivity contribution is 7.48. The fraction of sp³-hybridized carbons (Fsp3) is 0.333. The summed E-state index contributed by atoms with van der Waals surface area (Å²) in [5, 5.41) is 11.0. The van der Waals surface area contributed by atoms with Crippen LogP contribution in [0.15, 0.2) is 59.4 Å². The molecule has 5 atom stereocenters. The van der Waals surface area contributed by atoms with Gasteiger partial charge in [0.15, 0.2) is 17.6 Å². The fourth-order valence-corrected chi connectivity index (χ4v) is 5.25. The maximum absolute atomic E-state index is 13.0. The Morgan fingerprint density at radius 1 is 1.33 bits per heavy atom. The number of nitrogens with zero attached hydrogens (tertiary/aromatic N) is 2. The van der Waals surface area contributed by atoms with E-state index in [9.17, 15) is 14.5 Å². The molecule has 0 amide bonds. The molecule has 11 nitrogen and oxygen atoms in total. The number of nitrogens with two attached hydrogens (primary N) is 1. The molecular formula is C21H23N4O7P. The molecule has 4 N–H and O–H groups in total. The molecule has 0 radical (unpaired) electrons. The number of fused-ring (bicyclic) bond motifs is 1. The van der Waals surface area contributed by atoms with Gasteiger partial charge in [-0.05, 0) is 11.6 Å². The SMILES string of the molecule is C[C@H]1[C@H](O)/C(=C/O[P@]2(=O)OCC[C@H](c3ccccc3)O2)O[C@H]1n1ccc2c(=O)[nH]c(N)nc21. The van der Waals surface area contributed by atoms with Gasteiger partial charge in [0, 0.05) is 18.5 Å². The molecule has 2 aliphatic heterocycles. The first kappa shape index (κ1) is 21.7. The highest BCUT2D eigenvalue weighted by atomic mass is 31.2. The topological polar surface area (TPSA) is 151 Å². The summed E-state index contributed by atoms with van der Waals surface area (Å²) in [5.41, 5.74) is 6.49. The van der Waals surface area contributed by atoms with E-state index < -0.39 is 32.2 Å². The van der Waals surface area contributed by atoms with E-state index in [4.69, 9.17) is 24.0 Å². The van der Waals surface area contributed by atoms with E-state index in [1.807, 2.05) is 30.3 Å². The molecule has 0 unspecified atom stereocenters. The molecule has 2 saturated heterocycles. The maximum Gasteiger partial charge on any atom is 0.530 e. The summed E-state index contributed by atoms with van der Waals surface area (Å²) in [7, 11) is -3.91. The number of ether oxygens (including phenoxy) is 1. The van der Waals surface area contributed by atoms with E-state index in [1.165, 1.54) is 0 Å². The number of aliphatic hydroxyl groups is 1. The van der Waals surface area contributed by atoms with E-state index in [0.717, 1.165) is 11.8 Å². The number of nitrogens with one attached hydrogen (secondary N) is 1. The third kappa shape index (κ3) is 4.04. The van der Waals surface area contributed by atoms with Gasteiger partial charge >= 0.3 is 7.82 Å². The minimum atomic E-state index is -3.91. The summed E-state index contributed by atoms with van der Waals surface area (Å²) in [6, 6.07) is 11.0. The lowest BCUT2D eigenvalue weighted by molar-refractivity contribution is 0.0386. The quantitative estimate of drug-likeness (QED) is 0.383. The second-order valence-electron chi connectivity index (χ2n) is 7.92. The highest BCUT2D eigenvalue weighted by Gasteiger charge is 2.42. The zero-order chi connectivity index (χ0) is 23.2. The summed E-state index contributed by atoms with van der Waals surface area (Å²) >= 11 is 0. The molecule has 0 aliphatic carbocycles. The molecule has 0 bridgehead atoms. The van der Waals surface area contributed by atoms with Gasteiger partial charge in [-0.25, -0.2) is 4.57 Å². The summed E-state index contributed by atoms with van der Waals surface area (Å²) in [5.74, 6) is -0.421. The number of anilines is 1. The van der Waals surface area contributed by atoms with Crippen molar-refractivity contribution in [3.05, 3.63) is 70.5 Å². The molecule has 2 aromatic heterocycles. The van der Waals surface area contributed by atoms with Gasteiger partial charge in [0.2, 0.25) is 5.95 Å². The molecule has 1 aromatic carbocycles. The first-order chi connectivity index (χ1) is 15.8. The maximum atomic E-state index is 13.0. The number of phosphoric acid groups is 1. The zero-order valence-electron chi connectivity index (χ0n) is 17.7. The predicted molar refractivity (Wildman–Crippen MR) is 118 cm³/mol. The molecule has 174 valence electrons. The molecule has 0 saturated carbocycles. The largest absolute Gasteiger partial charge is 0.530 e. The van der Waals surface area contributed by atoms with E-state index in [1.54, 1.807) is 23.8 Å². The number of aliphatic hydroxyl groups excluding tert-OH is 1. The van der Waals surface area contributed by atoms with Crippen molar-refractivity contribution in [1.29, 1.82) is 0 Å². The standard InChI is InChI=1S/C21H23N4O7P/c1-12-17(26)16(31-20(12)25-9-7-14-18(25)23-21(22)24-19(14)27)11-30-33(28)29-10-8-15(32-33)13-5-3-2-4-6-13/h2-7,9,11-12,15,17,20,26H,8,10H2,1H3,(H3,22,23,24,27)/b16-11-/t12-,15+,17-,20+,33-/m0/s1. The van der Waals surface area contributed by atoms with E-state index in [-0.39, 0.29) is 23.9 Å². The van der Waals surface area contributed by atoms with Crippen LogP contribution in [-0.2, 0) is 22.9 Å². The lowest BCUT2D eigenvalue weighted by Crippen LogP contribution is -2.20. The van der Waals surface area contributed by atoms with Gasteiger partial charge in [0.25, 0.3) is 5.56 Å². The Hall–Kier alpha value is -3.11. The molecule has 4 heterocycles. The van der Waals surface area contributed by atoms with Crippen molar-refractivity contribution in [2.24, 2.45) is 5.92 Å². The van der Waals surface area contributed by atoms with Gasteiger partial charge in [-0.2, -0.15) is 4.98 Å². The van der Waals surface area contributed by atoms with E-state index in [0.29, 0.717) is 17.5 Å². The van der Waals surface area contributed by atoms with Crippen LogP contribution < -0.4 is 11.3 Å². The van der Waals surface area contributed by atoms with Crippen LogP contribution in [0.2, 0.25) is 0 Å². The minimum absolute atomic E-state index is 0.0320. The number of rotatable bonds is 4. The molecule has 2 fully saturated rings. The normalized spacial score (nSPS) is 31.0. The van der Waals surface area contributed by atoms with Crippen molar-refractivity contribution in [2.75, 3.05) is 12.3 Å². The molecule has 0 spiro atoms. The first-order valence-corrected chi connectivity index (χ1v) is 11.9. The van der Waals surface area contributed by atoms with Crippen LogP contribution in [0.1, 0.15) is 31.2 Å². The van der Waals surface area contributed by atoms with E-state index >= 15 is 0 Å². The van der Waals surface area contributed by atoms with Crippen molar-refractivity contribution in [1.82, 2.24) is 14.5 Å². The van der Waals surface area contributed by atoms with Crippen molar-refractivity contribution in [3.63, 3.8) is 0 Å². The minimum Gasteiger partial charge on any atom is -0.468 e. The molecule has 2 aliphatic rings. The number of aromatic nitrogens is 3. The Balaban J connectivity index is 1.36. The third-order valence-electron chi connectivity index (χ3n) is 5.73. The molecule has 33 heavy (non-hydrogen) atoms. The van der Waals surface area contributed by atoms with Crippen LogP contribution in [0.4, 0.5) is 5.95 Å². The smallest absolute Gasteiger partial charge is 0.468 e. The van der Waals surface area contributed by atoms with Gasteiger partial charge in [-0.1, -0.05) is 37.3 Å². The van der Waals surface area contributed by atoms with Crippen molar-refractivity contribution in [3.8, 4) is 0 Å². The summed E-state index contributed by atoms with van der Waals surface area (Å²) < 4.78 is 36.8. The number of H-pyrrole nitrogens is 1. The Labute approximate surface area is 188 Å². The van der Waals surface area contributed by atoms with Crippen LogP contribution in [0.25, 0.3) is 11.0 Å². The molecule has 3 aromatic rings. The molecule has 12 heteroatoms. The Morgan fingerprint density at radius 3 is 2.91 bits per heavy atom. The van der Waals surface area contributed by atoms with Gasteiger partial charge < -0.3 is 20.1 Å². The summed E-state index contributed by atoms with van der Waals surface area (Å²) in [6.07, 6.45) is 1.02. The summed E-state index contributed by atoms with van der Waals surface area (Å²) in [4.78, 5) is 18.7. The van der Waals surface area contributed by atoms with Crippen LogP contribution in [0.5, 0.6) is 0 Å². The van der Waals surface area contributed by atoms with Gasteiger partial charge in [-0.3, -0.25) is 23.4 Å². The highest BCUT2D eigenvalue weighted by Crippen LogP contribution is 2.57. The van der Waals surface area contributed by atoms with Crippen LogP contribution in [-0.4, -0.2) is 32.4 Å². The monoisotopic (exact) mass is 474 g/mol. The van der Waals surface area contributed by atoms with Crippen LogP contribution in [0, 0.1) is 5.92 Å². The van der Waals surface area contributed by atoms with Crippen molar-refractivity contribution in [2.45, 2.75) is 31.8 Å². The zero-order valence-corrected chi connectivity index (χ0v) is 18.6. The molecule has 5 rings (SSSR count). The third-order valence-corrected chi connectivity index (χ3v) is 7.10. The van der Waals surface area contributed by atoms with Crippen molar-refractivity contribution >= 4 is 24.8 Å². The van der Waals surface area contributed by atoms with Gasteiger partial charge in [0.1, 0.15) is 12.4 Å². The summed E-state index contributed by atoms with van der Waals surface area (Å²) in [6.45, 7) is 1.96. The Morgan fingerprint density at radius 2 is 2.12 bits per heavy atom. The van der Waals surface area contributed by atoms with Crippen LogP contribution >= 0.6 is 7.82 Å². The number of aromatic amines is 1. The fourth-order valence-electron chi connectivity index (χ4n) is 3.98. The number of hydrogen-bond acceptors (Lipinski definition) is 9. The number of benzene rings is 1. The number of hydrogen-bond donors (Lipinski definition) is 3. The van der Waals surface area contributed by atoms with Crippen molar-refractivity contribution < 1.29 is 28.0 Å². The second kappa shape index (κ2) is 8.35. The number of nitrogen functional groups attached to an aromatic ring is 1. The second-order valence-corrected chi connectivity index (χ2v) is 9.50. The predicted octanol–water partition coefficient (Wildman–Crippen LogP) is 2.98. The van der Waals surface area contributed by atoms with Gasteiger partial charge in [-0.15, -0.1) is 0 Å². The van der Waals surface area contributed by atoms with Gasteiger partial charge in [0.05, 0.1) is 18.1 Å². The van der Waals surface area contributed by atoms with E-state index in [2.05, 4.69) is 9.97 Å². The average Bonchev–Trinajstić information content (AvgIpc) is 3.34. The lowest BCUT2D eigenvalue weighted by Gasteiger charge is -2.28. The Kier molecular flexibility index (Phi) is 5.49. The average molecular weight is 474 g/mol. The first-order valence-electron chi connectivity index (χ1n) is 10.4.